The van der Waals surface area contributed by atoms with E-state index in [1.807, 2.05) is 12.1 Å². The lowest BCUT2D eigenvalue weighted by atomic mass is 10.0. The summed E-state index contributed by atoms with van der Waals surface area (Å²) >= 11 is 12.1. The molecule has 1 atom stereocenters. The summed E-state index contributed by atoms with van der Waals surface area (Å²) in [5, 5.41) is 4.83. The van der Waals surface area contributed by atoms with Gasteiger partial charge in [-0.05, 0) is 37.1 Å². The van der Waals surface area contributed by atoms with Gasteiger partial charge in [0.1, 0.15) is 0 Å². The first-order valence-corrected chi connectivity index (χ1v) is 6.62. The maximum atomic E-state index is 6.22. The Balaban J connectivity index is 2.74. The van der Waals surface area contributed by atoms with E-state index in [2.05, 4.69) is 12.2 Å². The Kier molecular flexibility index (Phi) is 6.90. The van der Waals surface area contributed by atoms with Gasteiger partial charge < -0.3 is 10.1 Å². The van der Waals surface area contributed by atoms with E-state index >= 15 is 0 Å². The summed E-state index contributed by atoms with van der Waals surface area (Å²) in [5.74, 6) is 0. The van der Waals surface area contributed by atoms with Crippen LogP contribution in [0, 0.1) is 0 Å². The number of hydrogen-bond donors (Lipinski definition) is 1. The normalized spacial score (nSPS) is 12.7. The van der Waals surface area contributed by atoms with Crippen LogP contribution in [0.15, 0.2) is 18.2 Å². The van der Waals surface area contributed by atoms with Gasteiger partial charge in [0.2, 0.25) is 0 Å². The molecule has 0 saturated carbocycles. The fourth-order valence-electron chi connectivity index (χ4n) is 1.83. The highest BCUT2D eigenvalue weighted by Gasteiger charge is 2.13. The zero-order chi connectivity index (χ0) is 12.7. The lowest BCUT2D eigenvalue weighted by Crippen LogP contribution is -2.21. The van der Waals surface area contributed by atoms with Crippen LogP contribution in [0.3, 0.4) is 0 Å². The number of hydrogen-bond acceptors (Lipinski definition) is 2. The fourth-order valence-corrected chi connectivity index (χ4v) is 2.37. The van der Waals surface area contributed by atoms with Gasteiger partial charge in [0.25, 0.3) is 0 Å². The summed E-state index contributed by atoms with van der Waals surface area (Å²) < 4.78 is 5.07. The maximum absolute atomic E-state index is 6.22. The summed E-state index contributed by atoms with van der Waals surface area (Å²) in [6, 6.07) is 5.92. The topological polar surface area (TPSA) is 21.3 Å². The van der Waals surface area contributed by atoms with E-state index in [9.17, 15) is 0 Å². The third-order valence-corrected chi connectivity index (χ3v) is 3.19. The van der Waals surface area contributed by atoms with E-state index in [-0.39, 0.29) is 6.04 Å². The molecule has 0 aliphatic heterocycles. The van der Waals surface area contributed by atoms with Crippen molar-refractivity contribution in [2.75, 3.05) is 20.3 Å². The average Bonchev–Trinajstić information content (AvgIpc) is 2.28. The molecule has 0 aromatic heterocycles. The molecule has 1 unspecified atom stereocenters. The van der Waals surface area contributed by atoms with Crippen molar-refractivity contribution in [3.63, 3.8) is 0 Å². The first-order valence-electron chi connectivity index (χ1n) is 5.86. The van der Waals surface area contributed by atoms with Crippen LogP contribution in [0.25, 0.3) is 0 Å². The standard InChI is InChI=1S/C13H19Cl2NO/c1-3-16-13(5-4-8-17-2)11-7-6-10(14)9-12(11)15/h6-7,9,13,16H,3-5,8H2,1-2H3. The van der Waals surface area contributed by atoms with Crippen molar-refractivity contribution >= 4 is 23.2 Å². The van der Waals surface area contributed by atoms with Gasteiger partial charge in [0.05, 0.1) is 0 Å². The zero-order valence-corrected chi connectivity index (χ0v) is 11.8. The Morgan fingerprint density at radius 3 is 2.71 bits per heavy atom. The average molecular weight is 276 g/mol. The van der Waals surface area contributed by atoms with E-state index in [4.69, 9.17) is 27.9 Å². The van der Waals surface area contributed by atoms with Crippen molar-refractivity contribution in [1.82, 2.24) is 5.32 Å². The molecule has 0 heterocycles. The molecule has 0 radical (unpaired) electrons. The molecule has 0 fully saturated rings. The highest BCUT2D eigenvalue weighted by molar-refractivity contribution is 6.35. The number of rotatable bonds is 7. The number of methoxy groups -OCH3 is 1. The van der Waals surface area contributed by atoms with Gasteiger partial charge in [-0.2, -0.15) is 0 Å². The molecule has 1 aromatic carbocycles. The lowest BCUT2D eigenvalue weighted by Gasteiger charge is -2.19. The second-order valence-corrected chi connectivity index (χ2v) is 4.75. The van der Waals surface area contributed by atoms with Gasteiger partial charge in [0, 0.05) is 29.8 Å². The molecule has 1 rings (SSSR count). The predicted molar refractivity (Wildman–Crippen MR) is 74.0 cm³/mol. The van der Waals surface area contributed by atoms with Crippen LogP contribution in [0.5, 0.6) is 0 Å². The molecule has 0 aliphatic rings. The van der Waals surface area contributed by atoms with E-state index in [1.54, 1.807) is 13.2 Å². The number of nitrogens with one attached hydrogen (secondary N) is 1. The largest absolute Gasteiger partial charge is 0.385 e. The molecule has 1 N–H and O–H groups in total. The second-order valence-electron chi connectivity index (χ2n) is 3.91. The van der Waals surface area contributed by atoms with Crippen LogP contribution in [0.1, 0.15) is 31.4 Å². The van der Waals surface area contributed by atoms with Crippen LogP contribution >= 0.6 is 23.2 Å². The van der Waals surface area contributed by atoms with Crippen molar-refractivity contribution in [3.8, 4) is 0 Å². The van der Waals surface area contributed by atoms with Crippen LogP contribution in [-0.4, -0.2) is 20.3 Å². The summed E-state index contributed by atoms with van der Waals surface area (Å²) in [6.45, 7) is 3.77. The molecule has 1 aromatic rings. The molecule has 0 spiro atoms. The van der Waals surface area contributed by atoms with E-state index in [1.165, 1.54) is 0 Å². The SMILES string of the molecule is CCNC(CCCOC)c1ccc(Cl)cc1Cl. The molecule has 0 aliphatic carbocycles. The molecule has 4 heteroatoms. The Bertz CT molecular complexity index is 344. The Labute approximate surface area is 113 Å². The van der Waals surface area contributed by atoms with Gasteiger partial charge in [-0.3, -0.25) is 0 Å². The molecule has 0 amide bonds. The monoisotopic (exact) mass is 275 g/mol. The summed E-state index contributed by atoms with van der Waals surface area (Å²) in [6.07, 6.45) is 2.01. The third-order valence-electron chi connectivity index (χ3n) is 2.63. The molecule has 17 heavy (non-hydrogen) atoms. The van der Waals surface area contributed by atoms with Crippen molar-refractivity contribution in [2.24, 2.45) is 0 Å². The van der Waals surface area contributed by atoms with E-state index in [0.29, 0.717) is 5.02 Å². The third kappa shape index (κ3) is 4.84. The van der Waals surface area contributed by atoms with Gasteiger partial charge >= 0.3 is 0 Å². The Morgan fingerprint density at radius 1 is 1.35 bits per heavy atom. The Hall–Kier alpha value is -0.280. The highest BCUT2D eigenvalue weighted by Crippen LogP contribution is 2.28. The fraction of sp³-hybridized carbons (Fsp3) is 0.538. The number of halogens is 2. The molecule has 96 valence electrons. The van der Waals surface area contributed by atoms with Crippen molar-refractivity contribution in [1.29, 1.82) is 0 Å². The summed E-state index contributed by atoms with van der Waals surface area (Å²) in [4.78, 5) is 0. The van der Waals surface area contributed by atoms with Crippen LogP contribution < -0.4 is 5.32 Å². The highest BCUT2D eigenvalue weighted by atomic mass is 35.5. The number of benzene rings is 1. The van der Waals surface area contributed by atoms with Gasteiger partial charge in [-0.15, -0.1) is 0 Å². The van der Waals surface area contributed by atoms with Gasteiger partial charge in [-0.1, -0.05) is 36.2 Å². The molecule has 2 nitrogen and oxygen atoms in total. The Morgan fingerprint density at radius 2 is 2.12 bits per heavy atom. The first-order chi connectivity index (χ1) is 8.19. The van der Waals surface area contributed by atoms with Crippen molar-refractivity contribution in [3.05, 3.63) is 33.8 Å². The summed E-state index contributed by atoms with van der Waals surface area (Å²) in [5.41, 5.74) is 1.11. The molecule has 0 bridgehead atoms. The quantitative estimate of drug-likeness (QED) is 0.758. The van der Waals surface area contributed by atoms with Gasteiger partial charge in [-0.25, -0.2) is 0 Å². The van der Waals surface area contributed by atoms with E-state index < -0.39 is 0 Å². The smallest absolute Gasteiger partial charge is 0.0468 e. The van der Waals surface area contributed by atoms with Gasteiger partial charge in [0.15, 0.2) is 0 Å². The number of ether oxygens (including phenoxy) is 1. The van der Waals surface area contributed by atoms with Crippen LogP contribution in [0.4, 0.5) is 0 Å². The maximum Gasteiger partial charge on any atom is 0.0468 e. The summed E-state index contributed by atoms with van der Waals surface area (Å²) in [7, 11) is 1.72. The minimum Gasteiger partial charge on any atom is -0.385 e. The minimum atomic E-state index is 0.264. The second kappa shape index (κ2) is 7.93. The lowest BCUT2D eigenvalue weighted by molar-refractivity contribution is 0.189. The van der Waals surface area contributed by atoms with Crippen molar-refractivity contribution < 1.29 is 4.74 Å². The molecular formula is C13H19Cl2NO. The zero-order valence-electron chi connectivity index (χ0n) is 10.3. The van der Waals surface area contributed by atoms with Crippen LogP contribution in [-0.2, 0) is 4.74 Å². The molecule has 0 saturated heterocycles. The minimum absolute atomic E-state index is 0.264. The first kappa shape index (κ1) is 14.8. The van der Waals surface area contributed by atoms with Crippen molar-refractivity contribution in [2.45, 2.75) is 25.8 Å². The van der Waals surface area contributed by atoms with Crippen LogP contribution in [0.2, 0.25) is 10.0 Å². The van der Waals surface area contributed by atoms with E-state index in [0.717, 1.165) is 36.6 Å². The molecular weight excluding hydrogens is 257 g/mol. The predicted octanol–water partition coefficient (Wildman–Crippen LogP) is 4.07.